The number of halogens is 4. The summed E-state index contributed by atoms with van der Waals surface area (Å²) in [5.41, 5.74) is 3.85. The van der Waals surface area contributed by atoms with Gasteiger partial charge in [-0.25, -0.2) is 4.39 Å². The van der Waals surface area contributed by atoms with Gasteiger partial charge in [0, 0.05) is 17.5 Å². The van der Waals surface area contributed by atoms with E-state index in [9.17, 15) is 17.6 Å². The van der Waals surface area contributed by atoms with E-state index in [-0.39, 0.29) is 5.82 Å². The van der Waals surface area contributed by atoms with Crippen molar-refractivity contribution in [3.05, 3.63) is 100 Å². The summed E-state index contributed by atoms with van der Waals surface area (Å²) in [6.07, 6.45) is 0.275. The summed E-state index contributed by atoms with van der Waals surface area (Å²) in [6, 6.07) is 13.4. The second-order valence-corrected chi connectivity index (χ2v) is 6.48. The third kappa shape index (κ3) is 3.50. The highest BCUT2D eigenvalue weighted by atomic mass is 19.4. The molecule has 1 heterocycles. The lowest BCUT2D eigenvalue weighted by atomic mass is 9.93. The number of aryl methyl sites for hydroxylation is 2. The first kappa shape index (κ1) is 17.5. The van der Waals surface area contributed by atoms with Gasteiger partial charge in [-0.15, -0.1) is 0 Å². The predicted octanol–water partition coefficient (Wildman–Crippen LogP) is 5.93. The number of pyridine rings is 1. The number of rotatable bonds is 1. The predicted molar refractivity (Wildman–Crippen MR) is 96.5 cm³/mol. The van der Waals surface area contributed by atoms with Gasteiger partial charge in [0.1, 0.15) is 5.82 Å². The molecule has 5 heteroatoms. The number of aromatic nitrogens is 1. The second kappa shape index (κ2) is 6.65. The van der Waals surface area contributed by atoms with Crippen LogP contribution in [0.1, 0.15) is 33.5 Å². The van der Waals surface area contributed by atoms with Crippen LogP contribution < -0.4 is 0 Å². The molecule has 27 heavy (non-hydrogen) atoms. The largest absolute Gasteiger partial charge is 0.416 e. The SMILES string of the molecule is Fc1ccc2c(c1)CCc1ncccc1/C2=C/c1cccc(C(F)(F)F)c1. The van der Waals surface area contributed by atoms with Gasteiger partial charge >= 0.3 is 6.18 Å². The lowest BCUT2D eigenvalue weighted by molar-refractivity contribution is -0.137. The van der Waals surface area contributed by atoms with Gasteiger partial charge in [-0.3, -0.25) is 4.98 Å². The summed E-state index contributed by atoms with van der Waals surface area (Å²) in [6.45, 7) is 0. The van der Waals surface area contributed by atoms with Crippen LogP contribution in [0.2, 0.25) is 0 Å². The van der Waals surface area contributed by atoms with Crippen molar-refractivity contribution >= 4 is 11.6 Å². The van der Waals surface area contributed by atoms with Gasteiger partial charge in [-0.1, -0.05) is 24.3 Å². The van der Waals surface area contributed by atoms with Gasteiger partial charge in [0.25, 0.3) is 0 Å². The Balaban J connectivity index is 1.93. The number of alkyl halides is 3. The van der Waals surface area contributed by atoms with Crippen molar-refractivity contribution in [2.75, 3.05) is 0 Å². The molecule has 4 rings (SSSR count). The highest BCUT2D eigenvalue weighted by Gasteiger charge is 2.30. The summed E-state index contributed by atoms with van der Waals surface area (Å²) >= 11 is 0. The summed E-state index contributed by atoms with van der Waals surface area (Å²) in [5.74, 6) is -0.328. The monoisotopic (exact) mass is 369 g/mol. The highest BCUT2D eigenvalue weighted by Crippen LogP contribution is 2.35. The highest BCUT2D eigenvalue weighted by molar-refractivity contribution is 5.93. The summed E-state index contributed by atoms with van der Waals surface area (Å²) in [7, 11) is 0. The summed E-state index contributed by atoms with van der Waals surface area (Å²) < 4.78 is 52.9. The Bertz CT molecular complexity index is 1030. The Labute approximate surface area is 154 Å². The average molecular weight is 369 g/mol. The molecule has 3 aromatic rings. The minimum Gasteiger partial charge on any atom is -0.261 e. The zero-order chi connectivity index (χ0) is 19.0. The standard InChI is InChI=1S/C22H15F4N/c23-17-7-8-18-15(13-17)6-9-21-19(5-2-10-27-21)20(18)12-14-3-1-4-16(11-14)22(24,25)26/h1-5,7-8,10-13H,6,9H2/b20-12+. The molecule has 0 N–H and O–H groups in total. The van der Waals surface area contributed by atoms with Crippen molar-refractivity contribution in [2.24, 2.45) is 0 Å². The minimum absolute atomic E-state index is 0.328. The molecule has 1 nitrogen and oxygen atoms in total. The number of nitrogens with zero attached hydrogens (tertiary/aromatic N) is 1. The maximum absolute atomic E-state index is 13.7. The van der Waals surface area contributed by atoms with E-state index in [0.29, 0.717) is 18.4 Å². The van der Waals surface area contributed by atoms with Crippen molar-refractivity contribution in [1.82, 2.24) is 4.98 Å². The molecule has 1 aliphatic carbocycles. The Hall–Kier alpha value is -2.95. The van der Waals surface area contributed by atoms with Crippen LogP contribution >= 0.6 is 0 Å². The maximum atomic E-state index is 13.7. The minimum atomic E-state index is -4.40. The quantitative estimate of drug-likeness (QED) is 0.485. The number of hydrogen-bond acceptors (Lipinski definition) is 1. The average Bonchev–Trinajstić information content (AvgIpc) is 2.79. The smallest absolute Gasteiger partial charge is 0.261 e. The molecule has 0 unspecified atom stereocenters. The number of hydrogen-bond donors (Lipinski definition) is 0. The molecule has 2 aromatic carbocycles. The zero-order valence-electron chi connectivity index (χ0n) is 14.2. The van der Waals surface area contributed by atoms with E-state index in [0.717, 1.165) is 40.1 Å². The van der Waals surface area contributed by atoms with Crippen molar-refractivity contribution in [3.8, 4) is 0 Å². The second-order valence-electron chi connectivity index (χ2n) is 6.48. The van der Waals surface area contributed by atoms with E-state index >= 15 is 0 Å². The lowest BCUT2D eigenvalue weighted by Gasteiger charge is -2.13. The van der Waals surface area contributed by atoms with Crippen molar-refractivity contribution in [2.45, 2.75) is 19.0 Å². The molecule has 1 aromatic heterocycles. The van der Waals surface area contributed by atoms with Crippen LogP contribution in [0.25, 0.3) is 11.6 Å². The van der Waals surface area contributed by atoms with Gasteiger partial charge in [-0.2, -0.15) is 13.2 Å². The molecule has 0 spiro atoms. The van der Waals surface area contributed by atoms with Crippen LogP contribution in [0.5, 0.6) is 0 Å². The van der Waals surface area contributed by atoms with E-state index in [1.807, 2.05) is 6.07 Å². The van der Waals surface area contributed by atoms with Crippen molar-refractivity contribution < 1.29 is 17.6 Å². The van der Waals surface area contributed by atoms with Crippen molar-refractivity contribution in [3.63, 3.8) is 0 Å². The van der Waals surface area contributed by atoms with Crippen LogP contribution in [0, 0.1) is 5.82 Å². The molecule has 0 bridgehead atoms. The Morgan fingerprint density at radius 1 is 0.889 bits per heavy atom. The zero-order valence-corrected chi connectivity index (χ0v) is 14.2. The van der Waals surface area contributed by atoms with E-state index < -0.39 is 11.7 Å². The molecule has 1 aliphatic rings. The molecular formula is C22H15F4N. The van der Waals surface area contributed by atoms with Gasteiger partial charge < -0.3 is 0 Å². The molecule has 0 saturated carbocycles. The van der Waals surface area contributed by atoms with Crippen LogP contribution in [0.4, 0.5) is 17.6 Å². The van der Waals surface area contributed by atoms with Crippen LogP contribution in [-0.2, 0) is 19.0 Å². The first-order valence-electron chi connectivity index (χ1n) is 8.54. The van der Waals surface area contributed by atoms with Gasteiger partial charge in [0.05, 0.1) is 5.56 Å². The van der Waals surface area contributed by atoms with Crippen LogP contribution in [-0.4, -0.2) is 4.98 Å². The topological polar surface area (TPSA) is 12.9 Å². The molecular weight excluding hydrogens is 354 g/mol. The molecule has 0 atom stereocenters. The van der Waals surface area contributed by atoms with Crippen LogP contribution in [0.3, 0.4) is 0 Å². The van der Waals surface area contributed by atoms with Crippen LogP contribution in [0.15, 0.2) is 60.8 Å². The fourth-order valence-corrected chi connectivity index (χ4v) is 3.44. The Kier molecular flexibility index (Phi) is 4.30. The van der Waals surface area contributed by atoms with E-state index in [1.54, 1.807) is 30.5 Å². The number of benzene rings is 2. The molecule has 136 valence electrons. The third-order valence-electron chi connectivity index (χ3n) is 4.69. The maximum Gasteiger partial charge on any atom is 0.416 e. The Morgan fingerprint density at radius 2 is 1.74 bits per heavy atom. The molecule has 0 fully saturated rings. The lowest BCUT2D eigenvalue weighted by Crippen LogP contribution is -2.04. The van der Waals surface area contributed by atoms with E-state index in [2.05, 4.69) is 4.98 Å². The molecule has 0 saturated heterocycles. The molecule has 0 amide bonds. The first-order chi connectivity index (χ1) is 12.9. The van der Waals surface area contributed by atoms with E-state index in [1.165, 1.54) is 18.2 Å². The summed E-state index contributed by atoms with van der Waals surface area (Å²) in [4.78, 5) is 4.42. The first-order valence-corrected chi connectivity index (χ1v) is 8.54. The van der Waals surface area contributed by atoms with Gasteiger partial charge in [0.15, 0.2) is 0 Å². The Morgan fingerprint density at radius 3 is 2.56 bits per heavy atom. The number of fused-ring (bicyclic) bond motifs is 2. The fraction of sp³-hybridized carbons (Fsp3) is 0.136. The van der Waals surface area contributed by atoms with Crippen molar-refractivity contribution in [1.29, 1.82) is 0 Å². The molecule has 0 aliphatic heterocycles. The van der Waals surface area contributed by atoms with Gasteiger partial charge in [-0.05, 0) is 71.5 Å². The molecule has 0 radical (unpaired) electrons. The normalized spacial score (nSPS) is 15.2. The third-order valence-corrected chi connectivity index (χ3v) is 4.69. The van der Waals surface area contributed by atoms with E-state index in [4.69, 9.17) is 0 Å². The summed E-state index contributed by atoms with van der Waals surface area (Å²) in [5, 5.41) is 0. The fourth-order valence-electron chi connectivity index (χ4n) is 3.44. The van der Waals surface area contributed by atoms with Gasteiger partial charge in [0.2, 0.25) is 0 Å².